The molecule has 0 aliphatic carbocycles. The number of amides is 3. The highest BCUT2D eigenvalue weighted by molar-refractivity contribution is 6.05. The molecule has 0 saturated heterocycles. The lowest BCUT2D eigenvalue weighted by molar-refractivity contribution is -0.123. The van der Waals surface area contributed by atoms with E-state index in [1.54, 1.807) is 29.8 Å². The van der Waals surface area contributed by atoms with Gasteiger partial charge < -0.3 is 15.5 Å². The van der Waals surface area contributed by atoms with Crippen molar-refractivity contribution in [2.75, 3.05) is 29.1 Å². The highest BCUT2D eigenvalue weighted by atomic mass is 16.2. The van der Waals surface area contributed by atoms with E-state index in [-0.39, 0.29) is 36.7 Å². The number of anilines is 3. The molecule has 1 aliphatic heterocycles. The monoisotopic (exact) mass is 436 g/mol. The standard InChI is InChI=1S/C25H32N4O3/c1-16(2)19-10-12-20(13-11-19)26-25(32)18(4)28(5)15-24(31)29-17(3)14-23(30)27-21-8-6-7-9-22(21)29/h6-13,16-18H,14-15H2,1-5H3,(H,26,32)(H,27,30)/t17-,18-/m1/s1. The number of carbonyl (C=O) groups is 3. The molecule has 7 heteroatoms. The first kappa shape index (κ1) is 23.5. The van der Waals surface area contributed by atoms with Crippen molar-refractivity contribution in [2.24, 2.45) is 0 Å². The third kappa shape index (κ3) is 5.34. The molecule has 170 valence electrons. The zero-order chi connectivity index (χ0) is 23.4. The molecule has 3 rings (SSSR count). The number of benzene rings is 2. The zero-order valence-corrected chi connectivity index (χ0v) is 19.4. The molecule has 0 radical (unpaired) electrons. The van der Waals surface area contributed by atoms with Crippen LogP contribution in [-0.2, 0) is 14.4 Å². The van der Waals surface area contributed by atoms with Gasteiger partial charge in [0.2, 0.25) is 17.7 Å². The molecule has 7 nitrogen and oxygen atoms in total. The smallest absolute Gasteiger partial charge is 0.241 e. The minimum atomic E-state index is -0.513. The first-order chi connectivity index (χ1) is 15.2. The van der Waals surface area contributed by atoms with Crippen molar-refractivity contribution in [3.63, 3.8) is 0 Å². The predicted octanol–water partition coefficient (Wildman–Crippen LogP) is 3.83. The zero-order valence-electron chi connectivity index (χ0n) is 19.4. The highest BCUT2D eigenvalue weighted by Gasteiger charge is 2.31. The molecule has 0 unspecified atom stereocenters. The summed E-state index contributed by atoms with van der Waals surface area (Å²) in [5, 5.41) is 5.78. The number of carbonyl (C=O) groups excluding carboxylic acids is 3. The summed E-state index contributed by atoms with van der Waals surface area (Å²) in [6, 6.07) is 14.3. The molecule has 2 aromatic carbocycles. The Bertz CT molecular complexity index is 987. The van der Waals surface area contributed by atoms with E-state index in [1.807, 2.05) is 49.4 Å². The molecule has 0 fully saturated rings. The van der Waals surface area contributed by atoms with Crippen LogP contribution in [0.3, 0.4) is 0 Å². The summed E-state index contributed by atoms with van der Waals surface area (Å²) in [4.78, 5) is 41.5. The van der Waals surface area contributed by atoms with Crippen molar-refractivity contribution in [1.82, 2.24) is 4.90 Å². The van der Waals surface area contributed by atoms with Gasteiger partial charge in [-0.2, -0.15) is 0 Å². The molecule has 1 aliphatic rings. The maximum Gasteiger partial charge on any atom is 0.241 e. The second kappa shape index (κ2) is 9.96. The summed E-state index contributed by atoms with van der Waals surface area (Å²) in [7, 11) is 1.75. The Kier molecular flexibility index (Phi) is 7.30. The third-order valence-electron chi connectivity index (χ3n) is 5.90. The molecule has 0 bridgehead atoms. The fourth-order valence-corrected chi connectivity index (χ4v) is 3.79. The van der Waals surface area contributed by atoms with Gasteiger partial charge in [0, 0.05) is 18.2 Å². The Hall–Kier alpha value is -3.19. The largest absolute Gasteiger partial charge is 0.325 e. The molecular weight excluding hydrogens is 404 g/mol. The summed E-state index contributed by atoms with van der Waals surface area (Å²) in [6.07, 6.45) is 0.215. The van der Waals surface area contributed by atoms with E-state index in [2.05, 4.69) is 24.5 Å². The Morgan fingerprint density at radius 3 is 2.44 bits per heavy atom. The summed E-state index contributed by atoms with van der Waals surface area (Å²) in [5.74, 6) is -0.0405. The van der Waals surface area contributed by atoms with Gasteiger partial charge in [-0.15, -0.1) is 0 Å². The van der Waals surface area contributed by atoms with Gasteiger partial charge in [0.1, 0.15) is 0 Å². The first-order valence-corrected chi connectivity index (χ1v) is 11.0. The van der Waals surface area contributed by atoms with Gasteiger partial charge in [-0.3, -0.25) is 19.3 Å². The molecule has 0 spiro atoms. The van der Waals surface area contributed by atoms with Crippen molar-refractivity contribution >= 4 is 34.8 Å². The van der Waals surface area contributed by atoms with Crippen molar-refractivity contribution < 1.29 is 14.4 Å². The maximum atomic E-state index is 13.2. The lowest BCUT2D eigenvalue weighted by atomic mass is 10.0. The van der Waals surface area contributed by atoms with E-state index < -0.39 is 6.04 Å². The average Bonchev–Trinajstić information content (AvgIpc) is 2.87. The van der Waals surface area contributed by atoms with Crippen molar-refractivity contribution in [1.29, 1.82) is 0 Å². The van der Waals surface area contributed by atoms with Gasteiger partial charge in [-0.1, -0.05) is 38.1 Å². The van der Waals surface area contributed by atoms with Gasteiger partial charge in [0.05, 0.1) is 24.0 Å². The van der Waals surface area contributed by atoms with E-state index in [4.69, 9.17) is 0 Å². The molecule has 2 atom stereocenters. The average molecular weight is 437 g/mol. The SMILES string of the molecule is CC(C)c1ccc(NC(=O)[C@@H](C)N(C)CC(=O)N2c3ccccc3NC(=O)C[C@H]2C)cc1. The molecule has 32 heavy (non-hydrogen) atoms. The maximum absolute atomic E-state index is 13.2. The van der Waals surface area contributed by atoms with Crippen LogP contribution in [0, 0.1) is 0 Å². The number of rotatable bonds is 6. The van der Waals surface area contributed by atoms with Gasteiger partial charge in [0.15, 0.2) is 0 Å². The van der Waals surface area contributed by atoms with E-state index in [0.29, 0.717) is 17.3 Å². The number of hydrogen-bond donors (Lipinski definition) is 2. The van der Waals surface area contributed by atoms with Crippen molar-refractivity contribution in [3.8, 4) is 0 Å². The Labute approximate surface area is 189 Å². The first-order valence-electron chi connectivity index (χ1n) is 11.0. The van der Waals surface area contributed by atoms with Crippen LogP contribution >= 0.6 is 0 Å². The van der Waals surface area contributed by atoms with Gasteiger partial charge in [0.25, 0.3) is 0 Å². The fourth-order valence-electron chi connectivity index (χ4n) is 3.79. The summed E-state index contributed by atoms with van der Waals surface area (Å²) in [6.45, 7) is 7.93. The second-order valence-corrected chi connectivity index (χ2v) is 8.74. The summed E-state index contributed by atoms with van der Waals surface area (Å²) < 4.78 is 0. The molecular formula is C25H32N4O3. The second-order valence-electron chi connectivity index (χ2n) is 8.74. The topological polar surface area (TPSA) is 81.8 Å². The van der Waals surface area contributed by atoms with Crippen LogP contribution in [0.15, 0.2) is 48.5 Å². The Balaban J connectivity index is 1.67. The molecule has 1 heterocycles. The lowest BCUT2D eigenvalue weighted by Gasteiger charge is -2.31. The van der Waals surface area contributed by atoms with Crippen LogP contribution < -0.4 is 15.5 Å². The fraction of sp³-hybridized carbons (Fsp3) is 0.400. The minimum Gasteiger partial charge on any atom is -0.325 e. The predicted molar refractivity (Wildman–Crippen MR) is 128 cm³/mol. The van der Waals surface area contributed by atoms with Crippen molar-refractivity contribution in [3.05, 3.63) is 54.1 Å². The Morgan fingerprint density at radius 2 is 1.78 bits per heavy atom. The number of likely N-dealkylation sites (N-methyl/N-ethyl adjacent to an activating group) is 1. The minimum absolute atomic E-state index is 0.0493. The van der Waals surface area contributed by atoms with Gasteiger partial charge in [-0.25, -0.2) is 0 Å². The summed E-state index contributed by atoms with van der Waals surface area (Å²) >= 11 is 0. The third-order valence-corrected chi connectivity index (χ3v) is 5.90. The van der Waals surface area contributed by atoms with E-state index >= 15 is 0 Å². The van der Waals surface area contributed by atoms with Crippen LogP contribution in [0.2, 0.25) is 0 Å². The Morgan fingerprint density at radius 1 is 1.12 bits per heavy atom. The molecule has 0 aromatic heterocycles. The van der Waals surface area contributed by atoms with Crippen LogP contribution in [0.25, 0.3) is 0 Å². The number of fused-ring (bicyclic) bond motifs is 1. The number of nitrogens with zero attached hydrogens (tertiary/aromatic N) is 2. The van der Waals surface area contributed by atoms with Crippen molar-refractivity contribution in [2.45, 2.75) is 52.1 Å². The van der Waals surface area contributed by atoms with E-state index in [9.17, 15) is 14.4 Å². The summed E-state index contributed by atoms with van der Waals surface area (Å²) in [5.41, 5.74) is 3.23. The van der Waals surface area contributed by atoms with E-state index in [1.165, 1.54) is 5.56 Å². The molecule has 3 amide bonds. The molecule has 2 aromatic rings. The van der Waals surface area contributed by atoms with Crippen LogP contribution in [0.5, 0.6) is 0 Å². The highest BCUT2D eigenvalue weighted by Crippen LogP contribution is 2.31. The van der Waals surface area contributed by atoms with Crippen LogP contribution in [0.4, 0.5) is 17.1 Å². The van der Waals surface area contributed by atoms with Crippen LogP contribution in [-0.4, -0.2) is 48.3 Å². The number of hydrogen-bond acceptors (Lipinski definition) is 4. The lowest BCUT2D eigenvalue weighted by Crippen LogP contribution is -2.48. The number of para-hydroxylation sites is 2. The number of nitrogens with one attached hydrogen (secondary N) is 2. The quantitative estimate of drug-likeness (QED) is 0.721. The van der Waals surface area contributed by atoms with Crippen LogP contribution in [0.1, 0.15) is 45.6 Å². The van der Waals surface area contributed by atoms with Gasteiger partial charge >= 0.3 is 0 Å². The molecule has 2 N–H and O–H groups in total. The normalized spacial score (nSPS) is 16.9. The molecule has 0 saturated carbocycles. The van der Waals surface area contributed by atoms with Gasteiger partial charge in [-0.05, 0) is 56.6 Å². The van der Waals surface area contributed by atoms with E-state index in [0.717, 1.165) is 5.69 Å².